The first-order valence-corrected chi connectivity index (χ1v) is 11.3. The molecule has 8 heteroatoms. The predicted molar refractivity (Wildman–Crippen MR) is 128 cm³/mol. The van der Waals surface area contributed by atoms with E-state index in [2.05, 4.69) is 16.8 Å². The number of unbranched alkanes of at least 4 members (excludes halogenated alkanes) is 2. The highest BCUT2D eigenvalue weighted by molar-refractivity contribution is 5.91. The zero-order valence-corrected chi connectivity index (χ0v) is 19.5. The summed E-state index contributed by atoms with van der Waals surface area (Å²) in [6.07, 6.45) is 3.90. The SMILES string of the molecule is CCCCCN(c1ccc(OC)c(OCCCC(=O)NO)c1)c1nc(C)nc2ccccc12. The second kappa shape index (κ2) is 12.0. The topological polar surface area (TPSA) is 96.8 Å². The van der Waals surface area contributed by atoms with E-state index in [9.17, 15) is 4.79 Å². The molecule has 0 aliphatic heterocycles. The number of hydroxylamine groups is 1. The van der Waals surface area contributed by atoms with Gasteiger partial charge >= 0.3 is 0 Å². The van der Waals surface area contributed by atoms with Crippen molar-refractivity contribution < 1.29 is 19.5 Å². The van der Waals surface area contributed by atoms with Crippen LogP contribution in [0.15, 0.2) is 42.5 Å². The van der Waals surface area contributed by atoms with E-state index in [0.29, 0.717) is 24.5 Å². The van der Waals surface area contributed by atoms with E-state index in [4.69, 9.17) is 19.7 Å². The molecule has 0 spiro atoms. The van der Waals surface area contributed by atoms with Gasteiger partial charge in [0.25, 0.3) is 0 Å². The number of aryl methyl sites for hydroxylation is 1. The lowest BCUT2D eigenvalue weighted by Gasteiger charge is -2.26. The van der Waals surface area contributed by atoms with E-state index in [1.165, 1.54) is 0 Å². The van der Waals surface area contributed by atoms with Gasteiger partial charge in [0.1, 0.15) is 11.6 Å². The fourth-order valence-electron chi connectivity index (χ4n) is 3.67. The number of carbonyl (C=O) groups excluding carboxylic acids is 1. The van der Waals surface area contributed by atoms with Crippen LogP contribution in [0.3, 0.4) is 0 Å². The number of rotatable bonds is 12. The quantitative estimate of drug-likeness (QED) is 0.228. The normalized spacial score (nSPS) is 10.8. The summed E-state index contributed by atoms with van der Waals surface area (Å²) in [6.45, 7) is 5.21. The number of ether oxygens (including phenoxy) is 2. The van der Waals surface area contributed by atoms with Crippen molar-refractivity contribution in [1.82, 2.24) is 15.4 Å². The van der Waals surface area contributed by atoms with Gasteiger partial charge in [-0.05, 0) is 44.0 Å². The van der Waals surface area contributed by atoms with Crippen molar-refractivity contribution in [3.8, 4) is 11.5 Å². The molecule has 1 heterocycles. The molecule has 0 saturated carbocycles. The van der Waals surface area contributed by atoms with Crippen LogP contribution >= 0.6 is 0 Å². The molecule has 2 aromatic carbocycles. The lowest BCUT2D eigenvalue weighted by Crippen LogP contribution is -2.21. The summed E-state index contributed by atoms with van der Waals surface area (Å²) in [5.41, 5.74) is 3.49. The smallest absolute Gasteiger partial charge is 0.243 e. The highest BCUT2D eigenvalue weighted by Gasteiger charge is 2.18. The van der Waals surface area contributed by atoms with Crippen molar-refractivity contribution in [2.75, 3.05) is 25.2 Å². The minimum Gasteiger partial charge on any atom is -0.493 e. The largest absolute Gasteiger partial charge is 0.493 e. The number of anilines is 2. The third kappa shape index (κ3) is 6.32. The van der Waals surface area contributed by atoms with E-state index in [1.54, 1.807) is 12.6 Å². The average molecular weight is 453 g/mol. The molecule has 0 saturated heterocycles. The van der Waals surface area contributed by atoms with Crippen molar-refractivity contribution in [1.29, 1.82) is 0 Å². The van der Waals surface area contributed by atoms with Gasteiger partial charge in [0.2, 0.25) is 5.91 Å². The molecular formula is C25H32N4O4. The molecule has 0 fully saturated rings. The zero-order chi connectivity index (χ0) is 23.6. The number of carbonyl (C=O) groups is 1. The van der Waals surface area contributed by atoms with E-state index in [0.717, 1.165) is 54.0 Å². The van der Waals surface area contributed by atoms with Crippen LogP contribution in [0.4, 0.5) is 11.5 Å². The Bertz CT molecular complexity index is 1070. The molecule has 3 rings (SSSR count). The molecule has 8 nitrogen and oxygen atoms in total. The Morgan fingerprint density at radius 1 is 1.09 bits per heavy atom. The van der Waals surface area contributed by atoms with E-state index < -0.39 is 5.91 Å². The zero-order valence-electron chi connectivity index (χ0n) is 19.5. The highest BCUT2D eigenvalue weighted by atomic mass is 16.5. The Kier molecular flexibility index (Phi) is 8.83. The van der Waals surface area contributed by atoms with Crippen molar-refractivity contribution in [3.63, 3.8) is 0 Å². The highest BCUT2D eigenvalue weighted by Crippen LogP contribution is 2.36. The summed E-state index contributed by atoms with van der Waals surface area (Å²) in [5, 5.41) is 9.64. The van der Waals surface area contributed by atoms with Crippen molar-refractivity contribution >= 4 is 28.3 Å². The third-order valence-electron chi connectivity index (χ3n) is 5.33. The average Bonchev–Trinajstić information content (AvgIpc) is 2.83. The number of amides is 1. The van der Waals surface area contributed by atoms with Crippen LogP contribution in [0.25, 0.3) is 10.9 Å². The summed E-state index contributed by atoms with van der Waals surface area (Å²) < 4.78 is 11.4. The fourth-order valence-corrected chi connectivity index (χ4v) is 3.67. The van der Waals surface area contributed by atoms with Gasteiger partial charge in [-0.2, -0.15) is 0 Å². The van der Waals surface area contributed by atoms with Crippen LogP contribution in [0.5, 0.6) is 11.5 Å². The second-order valence-corrected chi connectivity index (χ2v) is 7.79. The van der Waals surface area contributed by atoms with Crippen LogP contribution in [0, 0.1) is 6.92 Å². The van der Waals surface area contributed by atoms with E-state index >= 15 is 0 Å². The standard InChI is InChI=1S/C25H32N4O4/c1-4-5-8-15-29(25-20-10-6-7-11-21(20)26-18(2)27-25)19-13-14-22(32-3)23(17-19)33-16-9-12-24(30)28-31/h6-7,10-11,13-14,17,31H,4-5,8-9,12,15-16H2,1-3H3,(H,28,30). The maximum atomic E-state index is 11.2. The molecular weight excluding hydrogens is 420 g/mol. The van der Waals surface area contributed by atoms with Crippen LogP contribution in [0.1, 0.15) is 44.9 Å². The molecule has 0 unspecified atom stereocenters. The Hall–Kier alpha value is -3.39. The van der Waals surface area contributed by atoms with Gasteiger partial charge < -0.3 is 14.4 Å². The Morgan fingerprint density at radius 3 is 2.67 bits per heavy atom. The van der Waals surface area contributed by atoms with Gasteiger partial charge in [-0.1, -0.05) is 31.9 Å². The van der Waals surface area contributed by atoms with Crippen molar-refractivity contribution in [2.45, 2.75) is 46.0 Å². The second-order valence-electron chi connectivity index (χ2n) is 7.79. The third-order valence-corrected chi connectivity index (χ3v) is 5.33. The first-order valence-electron chi connectivity index (χ1n) is 11.3. The lowest BCUT2D eigenvalue weighted by molar-refractivity contribution is -0.129. The van der Waals surface area contributed by atoms with Crippen molar-refractivity contribution in [2.24, 2.45) is 0 Å². The van der Waals surface area contributed by atoms with Crippen molar-refractivity contribution in [3.05, 3.63) is 48.3 Å². The van der Waals surface area contributed by atoms with E-state index in [-0.39, 0.29) is 6.42 Å². The molecule has 0 aliphatic rings. The maximum Gasteiger partial charge on any atom is 0.243 e. The molecule has 0 atom stereocenters. The Labute approximate surface area is 194 Å². The number of benzene rings is 2. The van der Waals surface area contributed by atoms with Crippen LogP contribution in [-0.2, 0) is 4.79 Å². The van der Waals surface area contributed by atoms with Gasteiger partial charge in [0.05, 0.1) is 19.2 Å². The van der Waals surface area contributed by atoms with E-state index in [1.807, 2.05) is 49.4 Å². The van der Waals surface area contributed by atoms with Gasteiger partial charge in [-0.3, -0.25) is 10.0 Å². The van der Waals surface area contributed by atoms with Crippen LogP contribution in [-0.4, -0.2) is 41.3 Å². The minimum atomic E-state index is -0.438. The summed E-state index contributed by atoms with van der Waals surface area (Å²) in [4.78, 5) is 22.9. The first kappa shape index (κ1) is 24.3. The van der Waals surface area contributed by atoms with Crippen LogP contribution in [0.2, 0.25) is 0 Å². The molecule has 0 bridgehead atoms. The van der Waals surface area contributed by atoms with Crippen LogP contribution < -0.4 is 19.9 Å². The number of para-hydroxylation sites is 1. The number of methoxy groups -OCH3 is 1. The summed E-state index contributed by atoms with van der Waals surface area (Å²) >= 11 is 0. The molecule has 1 aromatic heterocycles. The number of nitrogens with one attached hydrogen (secondary N) is 1. The molecule has 1 amide bonds. The predicted octanol–water partition coefficient (Wildman–Crippen LogP) is 4.94. The van der Waals surface area contributed by atoms with Gasteiger partial charge in [0.15, 0.2) is 11.5 Å². The number of aromatic nitrogens is 2. The molecule has 176 valence electrons. The number of fused-ring (bicyclic) bond motifs is 1. The number of hydrogen-bond donors (Lipinski definition) is 2. The summed E-state index contributed by atoms with van der Waals surface area (Å²) in [6, 6.07) is 13.9. The number of nitrogens with zero attached hydrogens (tertiary/aromatic N) is 3. The molecule has 2 N–H and O–H groups in total. The molecule has 3 aromatic rings. The van der Waals surface area contributed by atoms with Gasteiger partial charge in [-0.25, -0.2) is 15.4 Å². The molecule has 33 heavy (non-hydrogen) atoms. The monoisotopic (exact) mass is 452 g/mol. The molecule has 0 radical (unpaired) electrons. The minimum absolute atomic E-state index is 0.174. The molecule has 0 aliphatic carbocycles. The Morgan fingerprint density at radius 2 is 1.91 bits per heavy atom. The first-order chi connectivity index (χ1) is 16.1. The maximum absolute atomic E-state index is 11.2. The van der Waals surface area contributed by atoms with Gasteiger partial charge in [0, 0.05) is 30.1 Å². The van der Waals surface area contributed by atoms with Gasteiger partial charge in [-0.15, -0.1) is 0 Å². The summed E-state index contributed by atoms with van der Waals surface area (Å²) in [5.74, 6) is 2.35. The lowest BCUT2D eigenvalue weighted by atomic mass is 10.1. The summed E-state index contributed by atoms with van der Waals surface area (Å²) in [7, 11) is 1.60. The Balaban J connectivity index is 1.95. The fraction of sp³-hybridized carbons (Fsp3) is 0.400. The number of hydrogen-bond acceptors (Lipinski definition) is 7.